The number of aliphatic hydroxyl groups is 2. The van der Waals surface area contributed by atoms with Crippen LogP contribution in [0.2, 0.25) is 0 Å². The molecule has 0 spiro atoms. The number of hydrogen-bond acceptors (Lipinski definition) is 10. The standard InChI is InChI=1S/C14H23NO5.C11H19NO5/c1-13(2,3)20-12(17)15-7-9(6-11(15)16)10-8-18-14(4,5)19-10;1-11(2,3)17-10(16)12-5-7(4-9(12)15)8(14)6-13/h9-10H,6-8H2,1-5H3;7-8,13-14H,4-6H2,1-3H3/t9-,10+;7-,8+/m00/s1. The fourth-order valence-corrected chi connectivity index (χ4v) is 4.06. The Balaban J connectivity index is 0.000000264. The van der Waals surface area contributed by atoms with Gasteiger partial charge < -0.3 is 29.2 Å². The van der Waals surface area contributed by atoms with Crippen LogP contribution < -0.4 is 0 Å². The van der Waals surface area contributed by atoms with Crippen LogP contribution in [0, 0.1) is 11.8 Å². The lowest BCUT2D eigenvalue weighted by atomic mass is 10.0. The molecule has 0 unspecified atom stereocenters. The summed E-state index contributed by atoms with van der Waals surface area (Å²) in [6.07, 6.45) is -2.06. The van der Waals surface area contributed by atoms with E-state index in [9.17, 15) is 24.3 Å². The van der Waals surface area contributed by atoms with Gasteiger partial charge in [-0.25, -0.2) is 19.4 Å². The van der Waals surface area contributed by atoms with Gasteiger partial charge in [0.15, 0.2) is 5.79 Å². The van der Waals surface area contributed by atoms with Crippen LogP contribution in [0.1, 0.15) is 68.2 Å². The average molecular weight is 531 g/mol. The van der Waals surface area contributed by atoms with Crippen molar-refractivity contribution in [2.24, 2.45) is 11.8 Å². The topological polar surface area (TPSA) is 152 Å². The van der Waals surface area contributed by atoms with Crippen molar-refractivity contribution in [1.29, 1.82) is 0 Å². The van der Waals surface area contributed by atoms with Crippen LogP contribution in [-0.4, -0.2) is 99.5 Å². The van der Waals surface area contributed by atoms with Crippen LogP contribution in [-0.2, 0) is 28.5 Å². The summed E-state index contributed by atoms with van der Waals surface area (Å²) >= 11 is 0. The summed E-state index contributed by atoms with van der Waals surface area (Å²) in [7, 11) is 0. The van der Waals surface area contributed by atoms with Crippen LogP contribution in [0.5, 0.6) is 0 Å². The van der Waals surface area contributed by atoms with Crippen LogP contribution in [0.4, 0.5) is 9.59 Å². The Kier molecular flexibility index (Phi) is 9.72. The van der Waals surface area contributed by atoms with Crippen molar-refractivity contribution in [1.82, 2.24) is 9.80 Å². The van der Waals surface area contributed by atoms with Gasteiger partial charge in [-0.05, 0) is 55.4 Å². The minimum Gasteiger partial charge on any atom is -0.443 e. The lowest BCUT2D eigenvalue weighted by molar-refractivity contribution is -0.144. The molecule has 2 N–H and O–H groups in total. The van der Waals surface area contributed by atoms with Crippen LogP contribution >= 0.6 is 0 Å². The smallest absolute Gasteiger partial charge is 0.417 e. The van der Waals surface area contributed by atoms with Crippen molar-refractivity contribution in [3.8, 4) is 0 Å². The Labute approximate surface area is 218 Å². The Morgan fingerprint density at radius 3 is 1.89 bits per heavy atom. The predicted octanol–water partition coefficient (Wildman–Crippen LogP) is 2.04. The molecule has 0 aliphatic carbocycles. The fourth-order valence-electron chi connectivity index (χ4n) is 4.06. The molecule has 3 aliphatic heterocycles. The van der Waals surface area contributed by atoms with Crippen molar-refractivity contribution < 1.29 is 48.3 Å². The van der Waals surface area contributed by atoms with E-state index in [2.05, 4.69) is 0 Å². The van der Waals surface area contributed by atoms with Gasteiger partial charge in [-0.15, -0.1) is 0 Å². The van der Waals surface area contributed by atoms with Gasteiger partial charge in [-0.2, -0.15) is 0 Å². The number of nitrogens with zero attached hydrogens (tertiary/aromatic N) is 2. The van der Waals surface area contributed by atoms with Gasteiger partial charge in [0, 0.05) is 37.8 Å². The van der Waals surface area contributed by atoms with E-state index in [1.54, 1.807) is 41.5 Å². The van der Waals surface area contributed by atoms with Gasteiger partial charge in [0.25, 0.3) is 0 Å². The van der Waals surface area contributed by atoms with E-state index in [-0.39, 0.29) is 36.8 Å². The first-order valence-electron chi connectivity index (χ1n) is 12.5. The molecule has 3 fully saturated rings. The predicted molar refractivity (Wildman–Crippen MR) is 130 cm³/mol. The van der Waals surface area contributed by atoms with E-state index < -0.39 is 47.8 Å². The number of carbonyl (C=O) groups excluding carboxylic acids is 4. The monoisotopic (exact) mass is 530 g/mol. The molecule has 12 heteroatoms. The van der Waals surface area contributed by atoms with Crippen LogP contribution in [0.15, 0.2) is 0 Å². The van der Waals surface area contributed by atoms with E-state index in [1.165, 1.54) is 4.90 Å². The lowest BCUT2D eigenvalue weighted by Crippen LogP contribution is -2.38. The zero-order chi connectivity index (χ0) is 28.3. The number of aliphatic hydroxyl groups excluding tert-OH is 2. The van der Waals surface area contributed by atoms with Gasteiger partial charge in [0.2, 0.25) is 11.8 Å². The zero-order valence-corrected chi connectivity index (χ0v) is 23.1. The number of hydrogen-bond donors (Lipinski definition) is 2. The van der Waals surface area contributed by atoms with Crippen molar-refractivity contribution in [2.45, 2.75) is 97.4 Å². The molecule has 212 valence electrons. The second-order valence-corrected chi connectivity index (χ2v) is 12.0. The molecule has 0 bridgehead atoms. The van der Waals surface area contributed by atoms with Gasteiger partial charge in [-0.3, -0.25) is 9.59 Å². The summed E-state index contributed by atoms with van der Waals surface area (Å²) in [6.45, 7) is 14.6. The quantitative estimate of drug-likeness (QED) is 0.554. The van der Waals surface area contributed by atoms with Crippen molar-refractivity contribution in [3.05, 3.63) is 0 Å². The Morgan fingerprint density at radius 2 is 1.46 bits per heavy atom. The molecule has 0 saturated carbocycles. The maximum absolute atomic E-state index is 12.0. The largest absolute Gasteiger partial charge is 0.443 e. The van der Waals surface area contributed by atoms with Gasteiger partial charge in [0.05, 0.1) is 25.4 Å². The fraction of sp³-hybridized carbons (Fsp3) is 0.840. The molecule has 3 aliphatic rings. The summed E-state index contributed by atoms with van der Waals surface area (Å²) < 4.78 is 21.6. The van der Waals surface area contributed by atoms with Gasteiger partial charge in [-0.1, -0.05) is 0 Å². The highest BCUT2D eigenvalue weighted by Gasteiger charge is 2.45. The van der Waals surface area contributed by atoms with E-state index in [0.29, 0.717) is 19.6 Å². The zero-order valence-electron chi connectivity index (χ0n) is 23.1. The molecule has 12 nitrogen and oxygen atoms in total. The molecule has 3 heterocycles. The first-order valence-corrected chi connectivity index (χ1v) is 12.5. The SMILES string of the molecule is CC(C)(C)OC(=O)N1C[C@@H]([C@H](O)CO)CC1=O.CC(C)(C)OC(=O)N1C[C@@H]([C@H]2COC(C)(C)O2)CC1=O. The minimum atomic E-state index is -0.980. The van der Waals surface area contributed by atoms with Gasteiger partial charge >= 0.3 is 12.2 Å². The van der Waals surface area contributed by atoms with E-state index in [1.807, 2.05) is 13.8 Å². The molecule has 0 aromatic heterocycles. The summed E-state index contributed by atoms with van der Waals surface area (Å²) in [5, 5.41) is 18.2. The van der Waals surface area contributed by atoms with E-state index in [4.69, 9.17) is 24.1 Å². The van der Waals surface area contributed by atoms with Crippen LogP contribution in [0.3, 0.4) is 0 Å². The maximum Gasteiger partial charge on any atom is 0.417 e. The third kappa shape index (κ3) is 9.20. The second-order valence-electron chi connectivity index (χ2n) is 12.0. The lowest BCUT2D eigenvalue weighted by Gasteiger charge is -2.24. The second kappa shape index (κ2) is 11.6. The van der Waals surface area contributed by atoms with E-state index >= 15 is 0 Å². The first-order chi connectivity index (χ1) is 16.8. The molecule has 37 heavy (non-hydrogen) atoms. The summed E-state index contributed by atoms with van der Waals surface area (Å²) in [5.41, 5.74) is -1.27. The minimum absolute atomic E-state index is 0.0307. The summed E-state index contributed by atoms with van der Waals surface area (Å²) in [6, 6.07) is 0. The highest BCUT2D eigenvalue weighted by atomic mass is 16.7. The third-order valence-corrected chi connectivity index (χ3v) is 5.83. The molecular formula is C25H42N2O10. The molecule has 3 rings (SSSR count). The number of imide groups is 2. The summed E-state index contributed by atoms with van der Waals surface area (Å²) in [4.78, 5) is 49.3. The molecular weight excluding hydrogens is 488 g/mol. The number of amides is 4. The molecule has 4 atom stereocenters. The molecule has 3 saturated heterocycles. The Hall–Kier alpha value is -2.28. The Bertz CT molecular complexity index is 861. The molecule has 0 radical (unpaired) electrons. The Morgan fingerprint density at radius 1 is 0.973 bits per heavy atom. The molecule has 4 amide bonds. The highest BCUT2D eigenvalue weighted by molar-refractivity contribution is 5.94. The average Bonchev–Trinajstić information content (AvgIpc) is 3.41. The number of likely N-dealkylation sites (tertiary alicyclic amines) is 2. The summed E-state index contributed by atoms with van der Waals surface area (Å²) in [5.74, 6) is -1.65. The van der Waals surface area contributed by atoms with Gasteiger partial charge in [0.1, 0.15) is 11.2 Å². The van der Waals surface area contributed by atoms with Crippen molar-refractivity contribution in [2.75, 3.05) is 26.3 Å². The normalized spacial score (nSPS) is 26.6. The van der Waals surface area contributed by atoms with Crippen molar-refractivity contribution >= 4 is 24.0 Å². The molecule has 0 aromatic carbocycles. The van der Waals surface area contributed by atoms with Crippen LogP contribution in [0.25, 0.3) is 0 Å². The highest BCUT2D eigenvalue weighted by Crippen LogP contribution is 2.32. The maximum atomic E-state index is 12.0. The third-order valence-electron chi connectivity index (χ3n) is 5.83. The van der Waals surface area contributed by atoms with Crippen molar-refractivity contribution in [3.63, 3.8) is 0 Å². The molecule has 0 aromatic rings. The number of carbonyl (C=O) groups is 4. The first kappa shape index (κ1) is 30.9. The number of ether oxygens (including phenoxy) is 4. The van der Waals surface area contributed by atoms with E-state index in [0.717, 1.165) is 4.90 Å². The number of rotatable bonds is 3.